The predicted molar refractivity (Wildman–Crippen MR) is 106 cm³/mol. The summed E-state index contributed by atoms with van der Waals surface area (Å²) in [6.07, 6.45) is 2.99. The van der Waals surface area contributed by atoms with Gasteiger partial charge in [0, 0.05) is 17.8 Å². The second-order valence-electron chi connectivity index (χ2n) is 6.55. The molecular weight excluding hydrogens is 362 g/mol. The number of thioether (sulfide) groups is 1. The topological polar surface area (TPSA) is 73.3 Å². The van der Waals surface area contributed by atoms with Crippen molar-refractivity contribution in [2.24, 2.45) is 0 Å². The van der Waals surface area contributed by atoms with Crippen LogP contribution < -0.4 is 14.8 Å². The van der Waals surface area contributed by atoms with Crippen molar-refractivity contribution in [1.82, 2.24) is 15.3 Å². The van der Waals surface area contributed by atoms with Gasteiger partial charge in [0.1, 0.15) is 13.2 Å². The summed E-state index contributed by atoms with van der Waals surface area (Å²) in [5.41, 5.74) is 3.93. The molecule has 6 nitrogen and oxygen atoms in total. The molecule has 0 unspecified atom stereocenters. The minimum absolute atomic E-state index is 0.00475. The third-order valence-corrected chi connectivity index (χ3v) is 5.18. The van der Waals surface area contributed by atoms with E-state index in [0.717, 1.165) is 39.2 Å². The fourth-order valence-corrected chi connectivity index (χ4v) is 3.58. The Morgan fingerprint density at radius 2 is 1.85 bits per heavy atom. The zero-order valence-corrected chi connectivity index (χ0v) is 17.0. The van der Waals surface area contributed by atoms with E-state index in [1.807, 2.05) is 45.2 Å². The monoisotopic (exact) mass is 387 g/mol. The number of hydrogen-bond acceptors (Lipinski definition) is 6. The van der Waals surface area contributed by atoms with Crippen LogP contribution >= 0.6 is 11.8 Å². The lowest BCUT2D eigenvalue weighted by Crippen LogP contribution is -2.27. The van der Waals surface area contributed by atoms with Crippen LogP contribution in [-0.4, -0.2) is 35.3 Å². The summed E-state index contributed by atoms with van der Waals surface area (Å²) in [7, 11) is 0. The van der Waals surface area contributed by atoms with Crippen LogP contribution in [-0.2, 0) is 11.2 Å². The van der Waals surface area contributed by atoms with Crippen molar-refractivity contribution in [2.45, 2.75) is 44.8 Å². The summed E-state index contributed by atoms with van der Waals surface area (Å²) in [6, 6.07) is 5.68. The Balaban J connectivity index is 1.59. The molecule has 0 spiro atoms. The minimum atomic E-state index is -0.106. The number of ether oxygens (including phenoxy) is 2. The summed E-state index contributed by atoms with van der Waals surface area (Å²) in [4.78, 5) is 21.4. The third-order valence-electron chi connectivity index (χ3n) is 4.63. The van der Waals surface area contributed by atoms with Gasteiger partial charge in [-0.2, -0.15) is 0 Å². The van der Waals surface area contributed by atoms with E-state index in [0.29, 0.717) is 26.1 Å². The summed E-state index contributed by atoms with van der Waals surface area (Å²) in [6.45, 7) is 7.03. The van der Waals surface area contributed by atoms with Gasteiger partial charge >= 0.3 is 0 Å². The number of benzene rings is 1. The highest BCUT2D eigenvalue weighted by Gasteiger charge is 2.16. The molecule has 3 rings (SSSR count). The van der Waals surface area contributed by atoms with Gasteiger partial charge in [-0.25, -0.2) is 9.97 Å². The maximum absolute atomic E-state index is 12.4. The molecule has 0 aliphatic carbocycles. The first-order chi connectivity index (χ1) is 13.0. The quantitative estimate of drug-likeness (QED) is 0.605. The van der Waals surface area contributed by atoms with Gasteiger partial charge in [-0.1, -0.05) is 17.8 Å². The Morgan fingerprint density at radius 3 is 2.52 bits per heavy atom. The van der Waals surface area contributed by atoms with E-state index in [-0.39, 0.29) is 11.9 Å². The van der Waals surface area contributed by atoms with Crippen LogP contribution in [0.4, 0.5) is 0 Å². The number of fused-ring (bicyclic) bond motifs is 1. The fraction of sp³-hybridized carbons (Fsp3) is 0.450. The molecule has 27 heavy (non-hydrogen) atoms. The molecule has 1 N–H and O–H groups in total. The SMILES string of the molecule is CSc1nc(C)c(CCC(=O)N[C@H](C)c2ccc3c(c2)OCCO3)c(C)n1. The number of nitrogens with zero attached hydrogens (tertiary/aromatic N) is 2. The first-order valence-electron chi connectivity index (χ1n) is 9.05. The van der Waals surface area contributed by atoms with Crippen molar-refractivity contribution in [1.29, 1.82) is 0 Å². The highest BCUT2D eigenvalue weighted by Crippen LogP contribution is 2.32. The zero-order chi connectivity index (χ0) is 19.4. The summed E-state index contributed by atoms with van der Waals surface area (Å²) >= 11 is 1.53. The highest BCUT2D eigenvalue weighted by molar-refractivity contribution is 7.98. The number of nitrogens with one attached hydrogen (secondary N) is 1. The molecule has 2 heterocycles. The smallest absolute Gasteiger partial charge is 0.220 e. The van der Waals surface area contributed by atoms with E-state index in [2.05, 4.69) is 15.3 Å². The zero-order valence-electron chi connectivity index (χ0n) is 16.2. The van der Waals surface area contributed by atoms with Gasteiger partial charge in [-0.3, -0.25) is 4.79 Å². The number of carbonyl (C=O) groups is 1. The molecule has 1 atom stereocenters. The van der Waals surface area contributed by atoms with Crippen LogP contribution in [0, 0.1) is 13.8 Å². The molecule has 144 valence electrons. The summed E-state index contributed by atoms with van der Waals surface area (Å²) in [5, 5.41) is 3.82. The lowest BCUT2D eigenvalue weighted by atomic mass is 10.0. The van der Waals surface area contributed by atoms with Gasteiger partial charge in [0.2, 0.25) is 5.91 Å². The van der Waals surface area contributed by atoms with Gasteiger partial charge in [0.05, 0.1) is 6.04 Å². The van der Waals surface area contributed by atoms with Crippen molar-refractivity contribution in [2.75, 3.05) is 19.5 Å². The first kappa shape index (κ1) is 19.5. The summed E-state index contributed by atoms with van der Waals surface area (Å²) < 4.78 is 11.2. The molecule has 1 aliphatic rings. The normalized spacial score (nSPS) is 13.9. The van der Waals surface area contributed by atoms with Crippen LogP contribution in [0.25, 0.3) is 0 Å². The van der Waals surface area contributed by atoms with E-state index < -0.39 is 0 Å². The number of rotatable bonds is 6. The molecule has 1 aliphatic heterocycles. The van der Waals surface area contributed by atoms with Crippen LogP contribution in [0.15, 0.2) is 23.4 Å². The van der Waals surface area contributed by atoms with E-state index in [9.17, 15) is 4.79 Å². The first-order valence-corrected chi connectivity index (χ1v) is 10.3. The van der Waals surface area contributed by atoms with Crippen molar-refractivity contribution in [3.63, 3.8) is 0 Å². The van der Waals surface area contributed by atoms with Crippen LogP contribution in [0.2, 0.25) is 0 Å². The van der Waals surface area contributed by atoms with E-state index in [1.165, 1.54) is 11.8 Å². The van der Waals surface area contributed by atoms with Gasteiger partial charge in [0.25, 0.3) is 0 Å². The average Bonchev–Trinajstić information content (AvgIpc) is 2.66. The second kappa shape index (κ2) is 8.61. The van der Waals surface area contributed by atoms with Gasteiger partial charge in [-0.15, -0.1) is 0 Å². The molecule has 7 heteroatoms. The number of aromatic nitrogens is 2. The van der Waals surface area contributed by atoms with Crippen molar-refractivity contribution >= 4 is 17.7 Å². The van der Waals surface area contributed by atoms with Crippen LogP contribution in [0.1, 0.15) is 41.9 Å². The summed E-state index contributed by atoms with van der Waals surface area (Å²) in [5.74, 6) is 1.49. The second-order valence-corrected chi connectivity index (χ2v) is 7.33. The Kier molecular flexibility index (Phi) is 6.21. The predicted octanol–water partition coefficient (Wildman–Crippen LogP) is 3.40. The molecule has 1 aromatic carbocycles. The molecular formula is C20H25N3O3S. The standard InChI is InChI=1S/C20H25N3O3S/c1-12(15-5-7-17-18(11-15)26-10-9-25-17)21-19(24)8-6-16-13(2)22-20(27-4)23-14(16)3/h5,7,11-12H,6,8-10H2,1-4H3,(H,21,24)/t12-/m1/s1. The molecule has 2 aromatic rings. The molecule has 0 fully saturated rings. The van der Waals surface area contributed by atoms with E-state index in [1.54, 1.807) is 0 Å². The van der Waals surface area contributed by atoms with Crippen molar-refractivity contribution in [3.05, 3.63) is 40.7 Å². The molecule has 0 radical (unpaired) electrons. The number of carbonyl (C=O) groups excluding carboxylic acids is 1. The Labute approximate surface area is 164 Å². The third kappa shape index (κ3) is 4.71. The number of hydrogen-bond donors (Lipinski definition) is 1. The Hall–Kier alpha value is -2.28. The highest BCUT2D eigenvalue weighted by atomic mass is 32.2. The van der Waals surface area contributed by atoms with Gasteiger partial charge in [0.15, 0.2) is 16.7 Å². The number of amides is 1. The molecule has 1 aromatic heterocycles. The van der Waals surface area contributed by atoms with Crippen molar-refractivity contribution < 1.29 is 14.3 Å². The average molecular weight is 388 g/mol. The van der Waals surface area contributed by atoms with E-state index >= 15 is 0 Å². The molecule has 1 amide bonds. The minimum Gasteiger partial charge on any atom is -0.486 e. The maximum atomic E-state index is 12.4. The Morgan fingerprint density at radius 1 is 1.19 bits per heavy atom. The maximum Gasteiger partial charge on any atom is 0.220 e. The lowest BCUT2D eigenvalue weighted by Gasteiger charge is -2.21. The fourth-order valence-electron chi connectivity index (χ4n) is 3.13. The largest absolute Gasteiger partial charge is 0.486 e. The van der Waals surface area contributed by atoms with Gasteiger partial charge < -0.3 is 14.8 Å². The van der Waals surface area contributed by atoms with Crippen LogP contribution in [0.3, 0.4) is 0 Å². The van der Waals surface area contributed by atoms with Crippen molar-refractivity contribution in [3.8, 4) is 11.5 Å². The molecule has 0 saturated heterocycles. The lowest BCUT2D eigenvalue weighted by molar-refractivity contribution is -0.121. The molecule has 0 saturated carbocycles. The van der Waals surface area contributed by atoms with Gasteiger partial charge in [-0.05, 0) is 56.7 Å². The Bertz CT molecular complexity index is 818. The van der Waals surface area contributed by atoms with E-state index in [4.69, 9.17) is 9.47 Å². The van der Waals surface area contributed by atoms with Crippen LogP contribution in [0.5, 0.6) is 11.5 Å². The number of aryl methyl sites for hydroxylation is 2. The molecule has 0 bridgehead atoms.